The molecule has 0 saturated heterocycles. The minimum Gasteiger partial charge on any atom is -0.360 e. The molecule has 1 aliphatic carbocycles. The number of nitrogens with zero attached hydrogens (tertiary/aromatic N) is 4. The van der Waals surface area contributed by atoms with Crippen molar-refractivity contribution in [3.05, 3.63) is 63.4 Å². The lowest BCUT2D eigenvalue weighted by atomic mass is 9.84. The van der Waals surface area contributed by atoms with Crippen molar-refractivity contribution >= 4 is 39.3 Å². The number of benzene rings is 1. The fourth-order valence-corrected chi connectivity index (χ4v) is 4.98. The highest BCUT2D eigenvalue weighted by Gasteiger charge is 2.31. The first-order valence-electron chi connectivity index (χ1n) is 10.7. The van der Waals surface area contributed by atoms with Gasteiger partial charge in [-0.25, -0.2) is 0 Å². The van der Waals surface area contributed by atoms with Gasteiger partial charge >= 0.3 is 0 Å². The second-order valence-electron chi connectivity index (χ2n) is 8.22. The molecule has 3 heterocycles. The summed E-state index contributed by atoms with van der Waals surface area (Å²) in [4.78, 5) is 26.4. The number of nitrogens with one attached hydrogen (secondary N) is 1. The first kappa shape index (κ1) is 20.6. The standard InChI is InChI=1S/C23H22ClN5O3/c1-13-19-21(28-32-13)20-17(24)8-3-9-18(20)29(23(19)31)16-7-2-5-14(11-16)22(30)25-12-15-6-4-10-26-27-15/h3-4,6,8-10,14,16H,2,5,7,11-12H2,1H3,(H,25,30). The highest BCUT2D eigenvalue weighted by Crippen LogP contribution is 2.37. The lowest BCUT2D eigenvalue weighted by Gasteiger charge is -2.30. The van der Waals surface area contributed by atoms with E-state index in [4.69, 9.17) is 16.1 Å². The van der Waals surface area contributed by atoms with Gasteiger partial charge in [0, 0.05) is 23.5 Å². The minimum absolute atomic E-state index is 0.0297. The average molecular weight is 452 g/mol. The Bertz CT molecular complexity index is 1370. The van der Waals surface area contributed by atoms with Crippen LogP contribution < -0.4 is 10.9 Å². The van der Waals surface area contributed by atoms with Gasteiger partial charge in [0.25, 0.3) is 5.56 Å². The Kier molecular flexibility index (Phi) is 5.38. The maximum Gasteiger partial charge on any atom is 0.264 e. The van der Waals surface area contributed by atoms with E-state index in [0.29, 0.717) is 51.2 Å². The Morgan fingerprint density at radius 2 is 2.12 bits per heavy atom. The molecule has 1 aromatic carbocycles. The normalized spacial score (nSPS) is 18.8. The molecule has 1 saturated carbocycles. The fraction of sp³-hybridized carbons (Fsp3) is 0.348. The molecule has 3 aromatic heterocycles. The fourth-order valence-electron chi connectivity index (χ4n) is 4.72. The van der Waals surface area contributed by atoms with Crippen LogP contribution in [-0.2, 0) is 11.3 Å². The summed E-state index contributed by atoms with van der Waals surface area (Å²) in [6.45, 7) is 2.06. The third-order valence-corrected chi connectivity index (χ3v) is 6.55. The van der Waals surface area contributed by atoms with Crippen LogP contribution in [0.3, 0.4) is 0 Å². The summed E-state index contributed by atoms with van der Waals surface area (Å²) in [7, 11) is 0. The predicted molar refractivity (Wildman–Crippen MR) is 120 cm³/mol. The maximum atomic E-state index is 13.5. The molecule has 2 unspecified atom stereocenters. The van der Waals surface area contributed by atoms with E-state index in [1.165, 1.54) is 0 Å². The molecule has 5 rings (SSSR count). The molecule has 1 amide bonds. The molecule has 1 N–H and O–H groups in total. The van der Waals surface area contributed by atoms with Crippen LogP contribution in [0.25, 0.3) is 21.8 Å². The Morgan fingerprint density at radius 3 is 2.94 bits per heavy atom. The number of carbonyl (C=O) groups excluding carboxylic acids is 1. The molecular formula is C23H22ClN5O3. The van der Waals surface area contributed by atoms with Gasteiger partial charge in [0.15, 0.2) is 0 Å². The van der Waals surface area contributed by atoms with Crippen LogP contribution in [0.1, 0.15) is 43.2 Å². The van der Waals surface area contributed by atoms with E-state index in [9.17, 15) is 9.59 Å². The molecule has 8 nitrogen and oxygen atoms in total. The van der Waals surface area contributed by atoms with Crippen LogP contribution >= 0.6 is 11.6 Å². The van der Waals surface area contributed by atoms with Gasteiger partial charge in [0.2, 0.25) is 5.91 Å². The number of aromatic nitrogens is 4. The molecule has 0 spiro atoms. The van der Waals surface area contributed by atoms with Gasteiger partial charge < -0.3 is 14.4 Å². The molecular weight excluding hydrogens is 430 g/mol. The summed E-state index contributed by atoms with van der Waals surface area (Å²) in [5, 5.41) is 16.6. The van der Waals surface area contributed by atoms with Crippen molar-refractivity contribution in [1.29, 1.82) is 0 Å². The topological polar surface area (TPSA) is 103 Å². The number of hydrogen-bond donors (Lipinski definition) is 1. The molecule has 164 valence electrons. The molecule has 1 fully saturated rings. The van der Waals surface area contributed by atoms with Gasteiger partial charge in [-0.1, -0.05) is 29.2 Å². The largest absolute Gasteiger partial charge is 0.360 e. The molecule has 9 heteroatoms. The first-order chi connectivity index (χ1) is 15.5. The minimum atomic E-state index is -0.189. The summed E-state index contributed by atoms with van der Waals surface area (Å²) in [6, 6.07) is 8.98. The van der Waals surface area contributed by atoms with E-state index in [1.807, 2.05) is 18.2 Å². The van der Waals surface area contributed by atoms with Crippen molar-refractivity contribution in [3.8, 4) is 0 Å². The van der Waals surface area contributed by atoms with Crippen molar-refractivity contribution in [1.82, 2.24) is 25.2 Å². The monoisotopic (exact) mass is 451 g/mol. The van der Waals surface area contributed by atoms with Crippen LogP contribution in [0, 0.1) is 12.8 Å². The summed E-state index contributed by atoms with van der Waals surface area (Å²) >= 11 is 6.51. The van der Waals surface area contributed by atoms with E-state index < -0.39 is 0 Å². The van der Waals surface area contributed by atoms with Gasteiger partial charge in [0.1, 0.15) is 16.7 Å². The van der Waals surface area contributed by atoms with Crippen molar-refractivity contribution in [2.75, 3.05) is 0 Å². The number of carbonyl (C=O) groups is 1. The smallest absolute Gasteiger partial charge is 0.264 e. The summed E-state index contributed by atoms with van der Waals surface area (Å²) in [6.07, 6.45) is 4.61. The second kappa shape index (κ2) is 8.35. The van der Waals surface area contributed by atoms with E-state index in [-0.39, 0.29) is 23.4 Å². The lowest BCUT2D eigenvalue weighted by Crippen LogP contribution is -2.36. The van der Waals surface area contributed by atoms with Gasteiger partial charge in [-0.3, -0.25) is 9.59 Å². The van der Waals surface area contributed by atoms with Gasteiger partial charge in [0.05, 0.1) is 22.8 Å². The summed E-state index contributed by atoms with van der Waals surface area (Å²) < 4.78 is 7.12. The van der Waals surface area contributed by atoms with E-state index in [2.05, 4.69) is 20.7 Å². The van der Waals surface area contributed by atoms with Crippen LogP contribution in [0.5, 0.6) is 0 Å². The average Bonchev–Trinajstić information content (AvgIpc) is 3.20. The zero-order valence-corrected chi connectivity index (χ0v) is 18.3. The van der Waals surface area contributed by atoms with E-state index in [1.54, 1.807) is 29.8 Å². The number of rotatable bonds is 4. The zero-order valence-electron chi connectivity index (χ0n) is 17.5. The lowest BCUT2D eigenvalue weighted by molar-refractivity contribution is -0.126. The van der Waals surface area contributed by atoms with Crippen LogP contribution in [0.15, 0.2) is 45.8 Å². The Balaban J connectivity index is 1.49. The SMILES string of the molecule is Cc1onc2c1c(=O)n(C1CCCC(C(=O)NCc3cccnn3)C1)c1cccc(Cl)c21. The van der Waals surface area contributed by atoms with Crippen LogP contribution in [-0.4, -0.2) is 25.8 Å². The van der Waals surface area contributed by atoms with E-state index in [0.717, 1.165) is 19.3 Å². The zero-order chi connectivity index (χ0) is 22.2. The second-order valence-corrected chi connectivity index (χ2v) is 8.63. The Morgan fingerprint density at radius 1 is 1.25 bits per heavy atom. The number of fused-ring (bicyclic) bond motifs is 3. The summed E-state index contributed by atoms with van der Waals surface area (Å²) in [5.41, 5.74) is 1.75. The predicted octanol–water partition coefficient (Wildman–Crippen LogP) is 3.94. The van der Waals surface area contributed by atoms with Gasteiger partial charge in [-0.15, -0.1) is 0 Å². The van der Waals surface area contributed by atoms with E-state index >= 15 is 0 Å². The molecule has 0 radical (unpaired) electrons. The highest BCUT2D eigenvalue weighted by molar-refractivity contribution is 6.37. The van der Waals surface area contributed by atoms with Crippen LogP contribution in [0.2, 0.25) is 5.02 Å². The number of amides is 1. The quantitative estimate of drug-likeness (QED) is 0.504. The maximum absolute atomic E-state index is 13.5. The number of aryl methyl sites for hydroxylation is 1. The Labute approximate surface area is 188 Å². The van der Waals surface area contributed by atoms with Crippen molar-refractivity contribution in [2.45, 2.75) is 45.2 Å². The molecule has 4 aromatic rings. The molecule has 0 aliphatic heterocycles. The molecule has 2 atom stereocenters. The van der Waals surface area contributed by atoms with Crippen molar-refractivity contribution in [2.24, 2.45) is 5.92 Å². The highest BCUT2D eigenvalue weighted by atomic mass is 35.5. The Hall–Kier alpha value is -3.26. The molecule has 32 heavy (non-hydrogen) atoms. The third kappa shape index (κ3) is 3.54. The molecule has 0 bridgehead atoms. The third-order valence-electron chi connectivity index (χ3n) is 6.24. The first-order valence-corrected chi connectivity index (χ1v) is 11.1. The number of hydrogen-bond acceptors (Lipinski definition) is 6. The summed E-state index contributed by atoms with van der Waals surface area (Å²) in [5.74, 6) is 0.249. The van der Waals surface area contributed by atoms with Crippen molar-refractivity contribution < 1.29 is 9.32 Å². The van der Waals surface area contributed by atoms with Crippen LogP contribution in [0.4, 0.5) is 0 Å². The van der Waals surface area contributed by atoms with Gasteiger partial charge in [-0.05, 0) is 50.5 Å². The van der Waals surface area contributed by atoms with Gasteiger partial charge in [-0.2, -0.15) is 10.2 Å². The molecule has 1 aliphatic rings. The number of halogens is 1. The number of pyridine rings is 1. The van der Waals surface area contributed by atoms with Crippen molar-refractivity contribution in [3.63, 3.8) is 0 Å².